The Bertz CT molecular complexity index is 1200. The average Bonchev–Trinajstić information content (AvgIpc) is 3.22. The third-order valence-corrected chi connectivity index (χ3v) is 7.17. The SMILES string of the molecule is O=C1CN(C(=O)c2ccc([C@H]3SCC(=O)N3CCc3ccccc3)cc2)c2ccccc2N1. The number of amides is 3. The second-order valence-corrected chi connectivity index (χ2v) is 9.13. The van der Waals surface area contributed by atoms with Crippen LogP contribution in [0.2, 0.25) is 0 Å². The fourth-order valence-corrected chi connectivity index (χ4v) is 5.45. The zero-order valence-electron chi connectivity index (χ0n) is 17.9. The van der Waals surface area contributed by atoms with Crippen molar-refractivity contribution in [2.45, 2.75) is 11.8 Å². The Morgan fingerprint density at radius 3 is 2.45 bits per heavy atom. The number of hydrogen-bond donors (Lipinski definition) is 1. The molecular weight excluding hydrogens is 434 g/mol. The Labute approximate surface area is 196 Å². The molecule has 1 fully saturated rings. The largest absolute Gasteiger partial charge is 0.326 e. The summed E-state index contributed by atoms with van der Waals surface area (Å²) in [5.74, 6) is 0.158. The van der Waals surface area contributed by atoms with Gasteiger partial charge in [-0.3, -0.25) is 19.3 Å². The van der Waals surface area contributed by atoms with E-state index in [2.05, 4.69) is 17.4 Å². The molecule has 0 unspecified atom stereocenters. The van der Waals surface area contributed by atoms with Crippen molar-refractivity contribution in [1.82, 2.24) is 4.90 Å². The fraction of sp³-hybridized carbons (Fsp3) is 0.192. The molecule has 1 N–H and O–H groups in total. The van der Waals surface area contributed by atoms with Gasteiger partial charge in [-0.05, 0) is 41.8 Å². The van der Waals surface area contributed by atoms with Gasteiger partial charge in [0.05, 0.1) is 17.1 Å². The van der Waals surface area contributed by atoms with Crippen LogP contribution in [0.4, 0.5) is 11.4 Å². The molecule has 0 saturated carbocycles. The lowest BCUT2D eigenvalue weighted by Gasteiger charge is -2.29. The van der Waals surface area contributed by atoms with Gasteiger partial charge in [0.15, 0.2) is 0 Å². The number of carbonyl (C=O) groups is 3. The molecule has 3 aromatic rings. The highest BCUT2D eigenvalue weighted by molar-refractivity contribution is 8.00. The van der Waals surface area contributed by atoms with E-state index in [1.807, 2.05) is 53.4 Å². The van der Waals surface area contributed by atoms with Crippen molar-refractivity contribution in [3.05, 3.63) is 95.6 Å². The van der Waals surface area contributed by atoms with Crippen molar-refractivity contribution in [1.29, 1.82) is 0 Å². The van der Waals surface area contributed by atoms with Gasteiger partial charge in [0.2, 0.25) is 11.8 Å². The number of hydrogen-bond acceptors (Lipinski definition) is 4. The Morgan fingerprint density at radius 2 is 1.67 bits per heavy atom. The van der Waals surface area contributed by atoms with Crippen molar-refractivity contribution >= 4 is 40.9 Å². The van der Waals surface area contributed by atoms with Gasteiger partial charge in [-0.25, -0.2) is 0 Å². The standard InChI is InChI=1S/C26H23N3O3S/c30-23-16-29(22-9-5-4-8-21(22)27-23)25(32)19-10-12-20(13-11-19)26-28(24(31)17-33-26)15-14-18-6-2-1-3-7-18/h1-13,26H,14-17H2,(H,27,30)/t26-/m1/s1. The first kappa shape index (κ1) is 21.3. The molecule has 166 valence electrons. The molecule has 1 saturated heterocycles. The Balaban J connectivity index is 1.32. The highest BCUT2D eigenvalue weighted by atomic mass is 32.2. The van der Waals surface area contributed by atoms with Crippen molar-refractivity contribution in [3.8, 4) is 0 Å². The van der Waals surface area contributed by atoms with Crippen LogP contribution in [0.15, 0.2) is 78.9 Å². The molecule has 3 amide bonds. The second-order valence-electron chi connectivity index (χ2n) is 8.06. The van der Waals surface area contributed by atoms with Gasteiger partial charge in [0, 0.05) is 12.1 Å². The number of rotatable bonds is 5. The lowest BCUT2D eigenvalue weighted by molar-refractivity contribution is -0.128. The van der Waals surface area contributed by atoms with Gasteiger partial charge in [0.1, 0.15) is 11.9 Å². The third kappa shape index (κ3) is 4.36. The maximum Gasteiger partial charge on any atom is 0.258 e. The van der Waals surface area contributed by atoms with E-state index >= 15 is 0 Å². The summed E-state index contributed by atoms with van der Waals surface area (Å²) in [5, 5.41) is 2.74. The lowest BCUT2D eigenvalue weighted by Crippen LogP contribution is -2.42. The van der Waals surface area contributed by atoms with Gasteiger partial charge in [0.25, 0.3) is 5.91 Å². The summed E-state index contributed by atoms with van der Waals surface area (Å²) in [6.45, 7) is 0.638. The maximum atomic E-state index is 13.2. The first-order valence-electron chi connectivity index (χ1n) is 10.9. The fourth-order valence-electron chi connectivity index (χ4n) is 4.23. The topological polar surface area (TPSA) is 69.7 Å². The summed E-state index contributed by atoms with van der Waals surface area (Å²) in [5.41, 5.74) is 4.03. The van der Waals surface area contributed by atoms with Crippen LogP contribution >= 0.6 is 11.8 Å². The van der Waals surface area contributed by atoms with Gasteiger partial charge >= 0.3 is 0 Å². The van der Waals surface area contributed by atoms with Crippen LogP contribution in [-0.2, 0) is 16.0 Å². The molecule has 0 aliphatic carbocycles. The summed E-state index contributed by atoms with van der Waals surface area (Å²) in [7, 11) is 0. The Kier molecular flexibility index (Phi) is 5.88. The number of nitrogens with zero attached hydrogens (tertiary/aromatic N) is 2. The van der Waals surface area contributed by atoms with Crippen LogP contribution in [-0.4, -0.2) is 41.5 Å². The van der Waals surface area contributed by atoms with Crippen molar-refractivity contribution in [2.75, 3.05) is 29.1 Å². The molecule has 0 aromatic heterocycles. The van der Waals surface area contributed by atoms with Crippen LogP contribution in [0.25, 0.3) is 0 Å². The van der Waals surface area contributed by atoms with E-state index < -0.39 is 0 Å². The average molecular weight is 458 g/mol. The first-order chi connectivity index (χ1) is 16.1. The lowest BCUT2D eigenvalue weighted by atomic mass is 10.1. The van der Waals surface area contributed by atoms with E-state index in [1.54, 1.807) is 30.0 Å². The monoisotopic (exact) mass is 457 g/mol. The van der Waals surface area contributed by atoms with Gasteiger partial charge < -0.3 is 10.2 Å². The minimum atomic E-state index is -0.222. The van der Waals surface area contributed by atoms with Crippen LogP contribution in [0, 0.1) is 0 Å². The molecule has 1 atom stereocenters. The first-order valence-corrected chi connectivity index (χ1v) is 11.9. The highest BCUT2D eigenvalue weighted by Gasteiger charge is 2.33. The molecule has 5 rings (SSSR count). The Hall–Kier alpha value is -3.58. The number of fused-ring (bicyclic) bond motifs is 1. The quantitative estimate of drug-likeness (QED) is 0.626. The Morgan fingerprint density at radius 1 is 0.939 bits per heavy atom. The number of benzene rings is 3. The number of para-hydroxylation sites is 2. The predicted molar refractivity (Wildman–Crippen MR) is 130 cm³/mol. The molecule has 7 heteroatoms. The highest BCUT2D eigenvalue weighted by Crippen LogP contribution is 2.39. The summed E-state index contributed by atoms with van der Waals surface area (Å²) in [6, 6.07) is 24.8. The van der Waals surface area contributed by atoms with E-state index in [0.29, 0.717) is 29.2 Å². The summed E-state index contributed by atoms with van der Waals surface area (Å²) < 4.78 is 0. The smallest absolute Gasteiger partial charge is 0.258 e. The predicted octanol–water partition coefficient (Wildman–Crippen LogP) is 4.10. The minimum absolute atomic E-state index is 0.0160. The van der Waals surface area contributed by atoms with Gasteiger partial charge in [-0.2, -0.15) is 0 Å². The van der Waals surface area contributed by atoms with Crippen molar-refractivity contribution in [2.24, 2.45) is 0 Å². The molecule has 33 heavy (non-hydrogen) atoms. The van der Waals surface area contributed by atoms with Crippen LogP contribution in [0.5, 0.6) is 0 Å². The molecule has 2 aliphatic rings. The van der Waals surface area contributed by atoms with Crippen LogP contribution in [0.3, 0.4) is 0 Å². The number of nitrogens with one attached hydrogen (secondary N) is 1. The molecule has 0 bridgehead atoms. The minimum Gasteiger partial charge on any atom is -0.326 e. The molecule has 3 aromatic carbocycles. The normalized spacial score (nSPS) is 17.6. The third-order valence-electron chi connectivity index (χ3n) is 5.91. The van der Waals surface area contributed by atoms with Crippen LogP contribution < -0.4 is 10.2 Å². The maximum absolute atomic E-state index is 13.2. The van der Waals surface area contributed by atoms with Crippen molar-refractivity contribution in [3.63, 3.8) is 0 Å². The van der Waals surface area contributed by atoms with Gasteiger partial charge in [-0.15, -0.1) is 11.8 Å². The number of carbonyl (C=O) groups excluding carboxylic acids is 3. The number of anilines is 2. The van der Waals surface area contributed by atoms with Gasteiger partial charge in [-0.1, -0.05) is 54.6 Å². The molecule has 2 heterocycles. The molecule has 0 radical (unpaired) electrons. The van der Waals surface area contributed by atoms with Crippen molar-refractivity contribution < 1.29 is 14.4 Å². The number of thioether (sulfide) groups is 1. The second kappa shape index (κ2) is 9.11. The molecule has 6 nitrogen and oxygen atoms in total. The molecule has 2 aliphatic heterocycles. The van der Waals surface area contributed by atoms with E-state index in [9.17, 15) is 14.4 Å². The van der Waals surface area contributed by atoms with E-state index in [4.69, 9.17) is 0 Å². The molecular formula is C26H23N3O3S. The summed E-state index contributed by atoms with van der Waals surface area (Å²) in [4.78, 5) is 41.2. The summed E-state index contributed by atoms with van der Waals surface area (Å²) >= 11 is 1.61. The van der Waals surface area contributed by atoms with E-state index in [0.717, 1.165) is 12.0 Å². The molecule has 0 spiro atoms. The summed E-state index contributed by atoms with van der Waals surface area (Å²) in [6.07, 6.45) is 0.802. The van der Waals surface area contributed by atoms with E-state index in [1.165, 1.54) is 10.5 Å². The zero-order chi connectivity index (χ0) is 22.8. The zero-order valence-corrected chi connectivity index (χ0v) is 18.8. The van der Waals surface area contributed by atoms with Crippen LogP contribution in [0.1, 0.15) is 26.9 Å². The van der Waals surface area contributed by atoms with E-state index in [-0.39, 0.29) is 29.6 Å².